The number of fused-ring (bicyclic) bond motifs is 1. The van der Waals surface area contributed by atoms with Crippen LogP contribution >= 0.6 is 0 Å². The Labute approximate surface area is 194 Å². The number of carboxylic acids is 1. The topological polar surface area (TPSA) is 111 Å². The number of urea groups is 1. The van der Waals surface area contributed by atoms with Gasteiger partial charge in [-0.2, -0.15) is 4.98 Å². The second-order valence-corrected chi connectivity index (χ2v) is 7.88. The van der Waals surface area contributed by atoms with Crippen molar-refractivity contribution in [1.82, 2.24) is 20.2 Å². The minimum absolute atomic E-state index is 0.00540. The van der Waals surface area contributed by atoms with Gasteiger partial charge in [0.25, 0.3) is 0 Å². The van der Waals surface area contributed by atoms with Crippen LogP contribution in [0.2, 0.25) is 0 Å². The summed E-state index contributed by atoms with van der Waals surface area (Å²) in [6.45, 7) is 1.10. The molecule has 11 heteroatoms. The maximum absolute atomic E-state index is 14.7. The first-order valence-electron chi connectivity index (χ1n) is 10.4. The van der Waals surface area contributed by atoms with Gasteiger partial charge in [-0.25, -0.2) is 28.3 Å². The molecule has 0 spiro atoms. The van der Waals surface area contributed by atoms with Gasteiger partial charge in [0.15, 0.2) is 5.82 Å². The Morgan fingerprint density at radius 1 is 1.18 bits per heavy atom. The number of carboxylic acid groups (broad SMARTS) is 1. The molecule has 0 aliphatic carbocycles. The number of hydrogen-bond donors (Lipinski definition) is 3. The Bertz CT molecular complexity index is 1250. The maximum Gasteiger partial charge on any atom is 0.335 e. The summed E-state index contributed by atoms with van der Waals surface area (Å²) in [5.41, 5.74) is 0.664. The highest BCUT2D eigenvalue weighted by molar-refractivity contribution is 6.02. The number of likely N-dealkylation sites (N-methyl/N-ethyl adjacent to an activating group) is 1. The predicted octanol–water partition coefficient (Wildman–Crippen LogP) is 3.45. The first-order chi connectivity index (χ1) is 16.3. The van der Waals surface area contributed by atoms with Crippen molar-refractivity contribution < 1.29 is 23.5 Å². The predicted molar refractivity (Wildman–Crippen MR) is 122 cm³/mol. The summed E-state index contributed by atoms with van der Waals surface area (Å²) in [6.07, 6.45) is 0. The van der Waals surface area contributed by atoms with Gasteiger partial charge in [0.2, 0.25) is 5.95 Å². The minimum Gasteiger partial charge on any atom is -0.478 e. The van der Waals surface area contributed by atoms with Crippen molar-refractivity contribution in [2.24, 2.45) is 0 Å². The summed E-state index contributed by atoms with van der Waals surface area (Å²) in [7, 11) is 3.79. The van der Waals surface area contributed by atoms with Crippen molar-refractivity contribution in [3.63, 3.8) is 0 Å². The highest BCUT2D eigenvalue weighted by Crippen LogP contribution is 2.38. The smallest absolute Gasteiger partial charge is 0.335 e. The molecular formula is C23H22F2N6O3. The van der Waals surface area contributed by atoms with Crippen molar-refractivity contribution in [3.05, 3.63) is 65.2 Å². The lowest BCUT2D eigenvalue weighted by atomic mass is 10.0. The zero-order chi connectivity index (χ0) is 24.4. The third kappa shape index (κ3) is 4.50. The lowest BCUT2D eigenvalue weighted by Crippen LogP contribution is -2.43. The summed E-state index contributed by atoms with van der Waals surface area (Å²) in [4.78, 5) is 36.0. The molecule has 2 amide bonds. The van der Waals surface area contributed by atoms with Crippen molar-refractivity contribution in [3.8, 4) is 11.3 Å². The van der Waals surface area contributed by atoms with E-state index in [4.69, 9.17) is 0 Å². The highest BCUT2D eigenvalue weighted by Gasteiger charge is 2.34. The van der Waals surface area contributed by atoms with Gasteiger partial charge in [-0.3, -0.25) is 0 Å². The van der Waals surface area contributed by atoms with E-state index in [1.165, 1.54) is 18.2 Å². The van der Waals surface area contributed by atoms with E-state index in [9.17, 15) is 23.5 Å². The van der Waals surface area contributed by atoms with Gasteiger partial charge >= 0.3 is 12.0 Å². The van der Waals surface area contributed by atoms with Crippen LogP contribution in [-0.2, 0) is 6.54 Å². The molecule has 1 aliphatic rings. The molecule has 34 heavy (non-hydrogen) atoms. The number of aromatic nitrogens is 2. The summed E-state index contributed by atoms with van der Waals surface area (Å²) < 4.78 is 29.3. The van der Waals surface area contributed by atoms with E-state index in [1.807, 2.05) is 19.0 Å². The summed E-state index contributed by atoms with van der Waals surface area (Å²) in [5, 5.41) is 15.1. The van der Waals surface area contributed by atoms with Crippen LogP contribution in [0.3, 0.4) is 0 Å². The average molecular weight is 468 g/mol. The first kappa shape index (κ1) is 23.1. The van der Waals surface area contributed by atoms with Crippen molar-refractivity contribution >= 4 is 29.5 Å². The zero-order valence-electron chi connectivity index (χ0n) is 18.5. The van der Waals surface area contributed by atoms with E-state index in [2.05, 4.69) is 20.6 Å². The molecule has 0 atom stereocenters. The number of rotatable bonds is 7. The molecule has 9 nitrogen and oxygen atoms in total. The molecule has 0 fully saturated rings. The Kier molecular flexibility index (Phi) is 6.37. The Hall–Kier alpha value is -4.12. The van der Waals surface area contributed by atoms with Gasteiger partial charge in [0.05, 0.1) is 17.8 Å². The van der Waals surface area contributed by atoms with Crippen LogP contribution in [0.4, 0.5) is 31.0 Å². The minimum atomic E-state index is -1.11. The summed E-state index contributed by atoms with van der Waals surface area (Å²) >= 11 is 0. The Balaban J connectivity index is 1.91. The number of carbonyl (C=O) groups is 2. The molecule has 2 heterocycles. The molecule has 2 aromatic carbocycles. The standard InChI is InChI=1S/C23H22F2N6O3/c1-30(2)10-9-26-22-28-18(13-5-3-6-14(11-13)21(32)33)15-12-27-23(34)31(20(15)29-22)19-16(24)7-4-8-17(19)25/h3-8,11H,9-10,12H2,1-2H3,(H,27,34)(H,32,33)(H,26,28,29). The van der Waals surface area contributed by atoms with Crippen LogP contribution in [-0.4, -0.2) is 59.2 Å². The third-order valence-electron chi connectivity index (χ3n) is 5.20. The molecule has 4 rings (SSSR count). The fraction of sp³-hybridized carbons (Fsp3) is 0.217. The van der Waals surface area contributed by atoms with Gasteiger partial charge in [0, 0.05) is 24.2 Å². The number of amides is 2. The lowest BCUT2D eigenvalue weighted by Gasteiger charge is -2.30. The normalized spacial score (nSPS) is 13.0. The van der Waals surface area contributed by atoms with E-state index in [0.29, 0.717) is 29.9 Å². The zero-order valence-corrected chi connectivity index (χ0v) is 18.5. The van der Waals surface area contributed by atoms with Gasteiger partial charge in [0.1, 0.15) is 17.3 Å². The molecular weight excluding hydrogens is 446 g/mol. The van der Waals surface area contributed by atoms with E-state index in [-0.39, 0.29) is 23.9 Å². The van der Waals surface area contributed by atoms with Crippen LogP contribution in [0.25, 0.3) is 11.3 Å². The number of para-hydroxylation sites is 1. The third-order valence-corrected chi connectivity index (χ3v) is 5.20. The number of carbonyl (C=O) groups excluding carboxylic acids is 1. The molecule has 0 saturated heterocycles. The Morgan fingerprint density at radius 3 is 2.56 bits per heavy atom. The molecule has 1 aromatic heterocycles. The number of aromatic carboxylic acids is 1. The monoisotopic (exact) mass is 468 g/mol. The quantitative estimate of drug-likeness (QED) is 0.487. The number of anilines is 3. The van der Waals surface area contributed by atoms with Gasteiger partial charge in [-0.05, 0) is 38.4 Å². The molecule has 1 aliphatic heterocycles. The molecule has 0 bridgehead atoms. The fourth-order valence-corrected chi connectivity index (χ4v) is 3.58. The number of nitrogens with zero attached hydrogens (tertiary/aromatic N) is 4. The fourth-order valence-electron chi connectivity index (χ4n) is 3.58. The molecule has 176 valence electrons. The molecule has 3 aromatic rings. The van der Waals surface area contributed by atoms with Gasteiger partial charge < -0.3 is 20.6 Å². The van der Waals surface area contributed by atoms with Crippen molar-refractivity contribution in [2.45, 2.75) is 6.54 Å². The number of hydrogen-bond acceptors (Lipinski definition) is 6. The van der Waals surface area contributed by atoms with Crippen LogP contribution in [0.1, 0.15) is 15.9 Å². The van der Waals surface area contributed by atoms with Crippen molar-refractivity contribution in [1.29, 1.82) is 0 Å². The van der Waals surface area contributed by atoms with E-state index < -0.39 is 29.3 Å². The van der Waals surface area contributed by atoms with E-state index in [1.54, 1.807) is 12.1 Å². The second-order valence-electron chi connectivity index (χ2n) is 7.88. The van der Waals surface area contributed by atoms with Crippen LogP contribution in [0.15, 0.2) is 42.5 Å². The largest absolute Gasteiger partial charge is 0.478 e. The average Bonchev–Trinajstić information content (AvgIpc) is 2.79. The number of halogens is 2. The summed E-state index contributed by atoms with van der Waals surface area (Å²) in [6, 6.07) is 8.68. The van der Waals surface area contributed by atoms with Crippen molar-refractivity contribution in [2.75, 3.05) is 37.4 Å². The molecule has 0 unspecified atom stereocenters. The van der Waals surface area contributed by atoms with Crippen LogP contribution < -0.4 is 15.5 Å². The first-order valence-corrected chi connectivity index (χ1v) is 10.4. The summed E-state index contributed by atoms with van der Waals surface area (Å²) in [5.74, 6) is -2.84. The van der Waals surface area contributed by atoms with E-state index in [0.717, 1.165) is 17.0 Å². The van der Waals surface area contributed by atoms with Crippen LogP contribution in [0, 0.1) is 11.6 Å². The Morgan fingerprint density at radius 2 is 1.88 bits per heavy atom. The number of benzene rings is 2. The molecule has 0 saturated carbocycles. The SMILES string of the molecule is CN(C)CCNc1nc(-c2cccc(C(=O)O)c2)c2c(n1)N(c1c(F)cccc1F)C(=O)NC2. The van der Waals surface area contributed by atoms with E-state index >= 15 is 0 Å². The molecule has 0 radical (unpaired) electrons. The van der Waals surface area contributed by atoms with Gasteiger partial charge in [-0.1, -0.05) is 18.2 Å². The number of nitrogens with one attached hydrogen (secondary N) is 2. The highest BCUT2D eigenvalue weighted by atomic mass is 19.1. The maximum atomic E-state index is 14.7. The van der Waals surface area contributed by atoms with Gasteiger partial charge in [-0.15, -0.1) is 0 Å². The lowest BCUT2D eigenvalue weighted by molar-refractivity contribution is 0.0697. The van der Waals surface area contributed by atoms with Crippen LogP contribution in [0.5, 0.6) is 0 Å². The molecule has 3 N–H and O–H groups in total. The second kappa shape index (κ2) is 9.40.